The number of nitrogens with zero attached hydrogens (tertiary/aromatic N) is 3. The zero-order chi connectivity index (χ0) is 21.7. The number of hydrogen-bond donors (Lipinski definition) is 4. The quantitative estimate of drug-likeness (QED) is 0.543. The molecular weight excluding hydrogens is 387 g/mol. The van der Waals surface area contributed by atoms with Crippen molar-refractivity contribution in [1.82, 2.24) is 20.2 Å². The molecule has 8 nitrogen and oxygen atoms in total. The van der Waals surface area contributed by atoms with Gasteiger partial charge in [-0.15, -0.1) is 0 Å². The van der Waals surface area contributed by atoms with E-state index in [0.29, 0.717) is 30.0 Å². The topological polar surface area (TPSA) is 114 Å². The number of aryl methyl sites for hydroxylation is 1. The number of piperidine rings is 1. The third-order valence-electron chi connectivity index (χ3n) is 5.02. The third-order valence-corrected chi connectivity index (χ3v) is 5.02. The lowest BCUT2D eigenvalue weighted by atomic mass is 10.1. The summed E-state index contributed by atoms with van der Waals surface area (Å²) in [5, 5.41) is 23.3. The zero-order valence-electron chi connectivity index (χ0n) is 16.9. The minimum atomic E-state index is -0.722. The molecule has 4 N–H and O–H groups in total. The van der Waals surface area contributed by atoms with Crippen molar-refractivity contribution in [3.63, 3.8) is 0 Å². The summed E-state index contributed by atoms with van der Waals surface area (Å²) in [6, 6.07) is 4.30. The van der Waals surface area contributed by atoms with Gasteiger partial charge >= 0.3 is 0 Å². The number of benzene rings is 1. The van der Waals surface area contributed by atoms with Gasteiger partial charge in [-0.2, -0.15) is 0 Å². The first-order valence-corrected chi connectivity index (χ1v) is 9.69. The number of halogens is 1. The summed E-state index contributed by atoms with van der Waals surface area (Å²) < 4.78 is 13.7. The van der Waals surface area contributed by atoms with Crippen LogP contribution in [0.4, 0.5) is 10.3 Å². The monoisotopic (exact) mass is 412 g/mol. The minimum absolute atomic E-state index is 0.0895. The van der Waals surface area contributed by atoms with Gasteiger partial charge in [-0.1, -0.05) is 0 Å². The molecule has 0 aliphatic carbocycles. The second kappa shape index (κ2) is 9.34. The number of carbonyl (C=O) groups is 1. The lowest BCUT2D eigenvalue weighted by Crippen LogP contribution is -2.43. The Bertz CT molecular complexity index is 970. The summed E-state index contributed by atoms with van der Waals surface area (Å²) in [6.45, 7) is 4.81. The van der Waals surface area contributed by atoms with Crippen molar-refractivity contribution >= 4 is 18.1 Å². The summed E-state index contributed by atoms with van der Waals surface area (Å²) in [5.41, 5.74) is 2.27. The van der Waals surface area contributed by atoms with E-state index in [1.165, 1.54) is 12.1 Å². The molecule has 3 rings (SSSR count). The molecule has 1 saturated heterocycles. The van der Waals surface area contributed by atoms with E-state index < -0.39 is 11.6 Å². The number of anilines is 1. The number of nitrogens with one attached hydrogen (secondary N) is 3. The number of aromatic nitrogens is 2. The van der Waals surface area contributed by atoms with E-state index in [1.807, 2.05) is 11.8 Å². The summed E-state index contributed by atoms with van der Waals surface area (Å²) in [6.07, 6.45) is 6.13. The Kier molecular flexibility index (Phi) is 6.61. The molecule has 0 spiro atoms. The van der Waals surface area contributed by atoms with E-state index in [-0.39, 0.29) is 17.9 Å². The second-order valence-electron chi connectivity index (χ2n) is 7.21. The number of likely N-dealkylation sites (tertiary alicyclic amines) is 1. The maximum absolute atomic E-state index is 13.7. The Labute approximate surface area is 174 Å². The highest BCUT2D eigenvalue weighted by atomic mass is 19.1. The molecule has 0 atom stereocenters. The van der Waals surface area contributed by atoms with Gasteiger partial charge in [0.25, 0.3) is 0 Å². The van der Waals surface area contributed by atoms with E-state index in [1.54, 1.807) is 25.4 Å². The standard InChI is InChI=1S/C21H25FN6O2/c1-13-11-25-21(27-20(13)15-3-4-19(30)18(22)9-15)26-17(10-23)12-24-16-5-7-28(8-6-16)14(2)29/h3-4,9-12,16,23-24,30H,5-8H2,1-2H3,(H,25,26,27)/b17-12+,23-10?. The normalized spacial score (nSPS) is 15.0. The number of carbonyl (C=O) groups excluding carboxylic acids is 1. The van der Waals surface area contributed by atoms with Gasteiger partial charge in [0.1, 0.15) is 0 Å². The van der Waals surface area contributed by atoms with E-state index in [4.69, 9.17) is 5.41 Å². The number of phenolic OH excluding ortho intramolecular Hbond substituents is 1. The van der Waals surface area contributed by atoms with Crippen LogP contribution >= 0.6 is 0 Å². The molecule has 9 heteroatoms. The lowest BCUT2D eigenvalue weighted by molar-refractivity contribution is -0.129. The molecular formula is C21H25FN6O2. The number of rotatable bonds is 6. The molecule has 1 aliphatic rings. The smallest absolute Gasteiger partial charge is 0.227 e. The van der Waals surface area contributed by atoms with Gasteiger partial charge in [-0.05, 0) is 43.5 Å². The number of phenols is 1. The molecule has 30 heavy (non-hydrogen) atoms. The fourth-order valence-corrected chi connectivity index (χ4v) is 3.26. The molecule has 1 aromatic heterocycles. The Balaban J connectivity index is 1.69. The summed E-state index contributed by atoms with van der Waals surface area (Å²) in [5.74, 6) is -0.781. The SMILES string of the molecule is CC(=O)N1CCC(N/C=C(\C=N)Nc2ncc(C)c(-c3ccc(O)c(F)c3)n2)CC1. The first-order valence-electron chi connectivity index (χ1n) is 9.69. The number of aromatic hydroxyl groups is 1. The fraction of sp³-hybridized carbons (Fsp3) is 0.333. The largest absolute Gasteiger partial charge is 0.505 e. The van der Waals surface area contributed by atoms with Gasteiger partial charge in [0.05, 0.1) is 11.4 Å². The van der Waals surface area contributed by atoms with E-state index in [2.05, 4.69) is 20.6 Å². The van der Waals surface area contributed by atoms with E-state index >= 15 is 0 Å². The molecule has 1 aliphatic heterocycles. The van der Waals surface area contributed by atoms with E-state index in [0.717, 1.165) is 24.6 Å². The van der Waals surface area contributed by atoms with Crippen molar-refractivity contribution in [2.75, 3.05) is 18.4 Å². The molecule has 1 amide bonds. The Hall–Kier alpha value is -3.49. The molecule has 0 bridgehead atoms. The molecule has 1 fully saturated rings. The minimum Gasteiger partial charge on any atom is -0.505 e. The van der Waals surface area contributed by atoms with Crippen LogP contribution in [0.25, 0.3) is 11.3 Å². The fourth-order valence-electron chi connectivity index (χ4n) is 3.26. The second-order valence-corrected chi connectivity index (χ2v) is 7.21. The molecule has 0 radical (unpaired) electrons. The van der Waals surface area contributed by atoms with Crippen molar-refractivity contribution < 1.29 is 14.3 Å². The lowest BCUT2D eigenvalue weighted by Gasteiger charge is -2.31. The maximum Gasteiger partial charge on any atom is 0.227 e. The highest BCUT2D eigenvalue weighted by Gasteiger charge is 2.19. The molecule has 0 unspecified atom stereocenters. The zero-order valence-corrected chi connectivity index (χ0v) is 16.9. The van der Waals surface area contributed by atoms with Crippen molar-refractivity contribution in [3.8, 4) is 17.0 Å². The van der Waals surface area contributed by atoms with Crippen LogP contribution in [0.1, 0.15) is 25.3 Å². The van der Waals surface area contributed by atoms with Crippen LogP contribution < -0.4 is 10.6 Å². The van der Waals surface area contributed by atoms with Crippen LogP contribution in [-0.2, 0) is 4.79 Å². The van der Waals surface area contributed by atoms with Crippen LogP contribution in [0.3, 0.4) is 0 Å². The molecule has 2 aromatic rings. The molecule has 2 heterocycles. The van der Waals surface area contributed by atoms with Gasteiger partial charge in [-0.25, -0.2) is 14.4 Å². The van der Waals surface area contributed by atoms with Crippen molar-refractivity contribution in [2.45, 2.75) is 32.7 Å². The Morgan fingerprint density at radius 2 is 2.10 bits per heavy atom. The van der Waals surface area contributed by atoms with Crippen LogP contribution in [0.5, 0.6) is 5.75 Å². The third kappa shape index (κ3) is 5.11. The van der Waals surface area contributed by atoms with Crippen molar-refractivity contribution in [3.05, 3.63) is 47.7 Å². The highest BCUT2D eigenvalue weighted by molar-refractivity contribution is 5.80. The Morgan fingerprint density at radius 1 is 1.37 bits per heavy atom. The summed E-state index contributed by atoms with van der Waals surface area (Å²) in [4.78, 5) is 21.9. The first kappa shape index (κ1) is 21.2. The summed E-state index contributed by atoms with van der Waals surface area (Å²) >= 11 is 0. The van der Waals surface area contributed by atoms with Crippen LogP contribution in [0.2, 0.25) is 0 Å². The predicted octanol–water partition coefficient (Wildman–Crippen LogP) is 2.80. The van der Waals surface area contributed by atoms with Gasteiger partial charge in [0, 0.05) is 50.2 Å². The molecule has 1 aromatic carbocycles. The number of hydrogen-bond acceptors (Lipinski definition) is 7. The predicted molar refractivity (Wildman–Crippen MR) is 113 cm³/mol. The van der Waals surface area contributed by atoms with Gasteiger partial charge in [-0.3, -0.25) is 4.79 Å². The van der Waals surface area contributed by atoms with Crippen molar-refractivity contribution in [1.29, 1.82) is 5.41 Å². The number of amides is 1. The van der Waals surface area contributed by atoms with Gasteiger partial charge in [0.2, 0.25) is 11.9 Å². The van der Waals surface area contributed by atoms with Gasteiger partial charge < -0.3 is 26.0 Å². The molecule has 158 valence electrons. The average Bonchev–Trinajstić information content (AvgIpc) is 2.74. The van der Waals surface area contributed by atoms with Crippen LogP contribution in [0.15, 0.2) is 36.3 Å². The Morgan fingerprint density at radius 3 is 2.73 bits per heavy atom. The first-order chi connectivity index (χ1) is 14.4. The molecule has 0 saturated carbocycles. The maximum atomic E-state index is 13.7. The van der Waals surface area contributed by atoms with Crippen LogP contribution in [0, 0.1) is 18.2 Å². The summed E-state index contributed by atoms with van der Waals surface area (Å²) in [7, 11) is 0. The van der Waals surface area contributed by atoms with E-state index in [9.17, 15) is 14.3 Å². The van der Waals surface area contributed by atoms with Crippen molar-refractivity contribution in [2.24, 2.45) is 0 Å². The average molecular weight is 412 g/mol. The van der Waals surface area contributed by atoms with Gasteiger partial charge in [0.15, 0.2) is 11.6 Å². The van der Waals surface area contributed by atoms with Crippen LogP contribution in [-0.4, -0.2) is 51.2 Å². The number of allylic oxidation sites excluding steroid dienone is 1. The highest BCUT2D eigenvalue weighted by Crippen LogP contribution is 2.26.